The normalized spacial score (nSPS) is 11.3. The third-order valence-electron chi connectivity index (χ3n) is 4.17. The van der Waals surface area contributed by atoms with E-state index in [0.717, 1.165) is 16.7 Å². The maximum Gasteiger partial charge on any atom is 0.247 e. The second-order valence-electron chi connectivity index (χ2n) is 6.69. The van der Waals surface area contributed by atoms with Crippen molar-refractivity contribution in [3.8, 4) is 11.4 Å². The summed E-state index contributed by atoms with van der Waals surface area (Å²) in [7, 11) is 0. The van der Waals surface area contributed by atoms with Gasteiger partial charge in [-0.3, -0.25) is 4.79 Å². The zero-order valence-corrected chi connectivity index (χ0v) is 15.8. The Morgan fingerprint density at radius 2 is 1.93 bits per heavy atom. The molecule has 3 aromatic rings. The first kappa shape index (κ1) is 18.6. The molecular formula is C22H23N3O2. The van der Waals surface area contributed by atoms with Gasteiger partial charge in [-0.2, -0.15) is 4.98 Å². The molecule has 0 bridgehead atoms. The zero-order valence-electron chi connectivity index (χ0n) is 15.8. The van der Waals surface area contributed by atoms with Crippen LogP contribution < -0.4 is 0 Å². The number of nitrogens with zero attached hydrogens (tertiary/aromatic N) is 3. The van der Waals surface area contributed by atoms with Crippen LogP contribution in [0.2, 0.25) is 0 Å². The molecule has 0 radical (unpaired) electrons. The number of hydrogen-bond donors (Lipinski definition) is 0. The molecule has 3 rings (SSSR count). The van der Waals surface area contributed by atoms with Crippen molar-refractivity contribution in [1.82, 2.24) is 15.0 Å². The fourth-order valence-corrected chi connectivity index (χ4v) is 2.71. The third-order valence-corrected chi connectivity index (χ3v) is 4.17. The van der Waals surface area contributed by atoms with Crippen molar-refractivity contribution < 1.29 is 9.32 Å². The second kappa shape index (κ2) is 8.45. The largest absolute Gasteiger partial charge is 0.337 e. The minimum absolute atomic E-state index is 0.00671. The molecule has 1 aromatic heterocycles. The van der Waals surface area contributed by atoms with Gasteiger partial charge in [0.15, 0.2) is 0 Å². The first-order valence-corrected chi connectivity index (χ1v) is 8.96. The highest BCUT2D eigenvalue weighted by atomic mass is 16.5. The van der Waals surface area contributed by atoms with E-state index in [9.17, 15) is 4.79 Å². The number of amides is 1. The van der Waals surface area contributed by atoms with Crippen LogP contribution in [0.25, 0.3) is 17.5 Å². The number of carbonyl (C=O) groups excluding carboxylic acids is 1. The lowest BCUT2D eigenvalue weighted by Gasteiger charge is -2.23. The predicted octanol–water partition coefficient (Wildman–Crippen LogP) is 4.50. The van der Waals surface area contributed by atoms with Gasteiger partial charge in [-0.1, -0.05) is 59.3 Å². The first-order valence-electron chi connectivity index (χ1n) is 8.96. The third kappa shape index (κ3) is 4.91. The molecular weight excluding hydrogens is 338 g/mol. The van der Waals surface area contributed by atoms with E-state index in [0.29, 0.717) is 11.7 Å². The van der Waals surface area contributed by atoms with Gasteiger partial charge >= 0.3 is 0 Å². The van der Waals surface area contributed by atoms with Gasteiger partial charge < -0.3 is 9.42 Å². The summed E-state index contributed by atoms with van der Waals surface area (Å²) >= 11 is 0. The van der Waals surface area contributed by atoms with Crippen LogP contribution in [0.4, 0.5) is 0 Å². The Labute approximate surface area is 159 Å². The molecule has 0 atom stereocenters. The number of aromatic nitrogens is 2. The molecule has 5 heteroatoms. The van der Waals surface area contributed by atoms with Gasteiger partial charge in [-0.05, 0) is 38.5 Å². The van der Waals surface area contributed by atoms with Gasteiger partial charge in [0.05, 0.1) is 0 Å². The number of rotatable bonds is 6. The van der Waals surface area contributed by atoms with Crippen molar-refractivity contribution in [3.63, 3.8) is 0 Å². The maximum atomic E-state index is 12.6. The van der Waals surface area contributed by atoms with Crippen LogP contribution in [0.5, 0.6) is 0 Å². The van der Waals surface area contributed by atoms with Gasteiger partial charge in [0.1, 0.15) is 6.54 Å². The molecule has 138 valence electrons. The fourth-order valence-electron chi connectivity index (χ4n) is 2.71. The van der Waals surface area contributed by atoms with Crippen molar-refractivity contribution in [3.05, 3.63) is 77.7 Å². The van der Waals surface area contributed by atoms with E-state index >= 15 is 0 Å². The zero-order chi connectivity index (χ0) is 19.2. The smallest absolute Gasteiger partial charge is 0.247 e. The summed E-state index contributed by atoms with van der Waals surface area (Å²) in [5.74, 6) is 0.857. The van der Waals surface area contributed by atoms with Crippen LogP contribution in [0, 0.1) is 6.92 Å². The summed E-state index contributed by atoms with van der Waals surface area (Å²) in [5.41, 5.74) is 3.01. The van der Waals surface area contributed by atoms with Crippen LogP contribution in [0.1, 0.15) is 30.9 Å². The van der Waals surface area contributed by atoms with E-state index in [1.54, 1.807) is 11.0 Å². The van der Waals surface area contributed by atoms with Gasteiger partial charge in [-0.25, -0.2) is 0 Å². The standard InChI is InChI=1S/C22H23N3O2/c1-16(2)25(21(26)13-12-18-9-5-4-6-10-18)15-20-23-22(24-27-20)19-11-7-8-17(3)14-19/h4-14,16H,15H2,1-3H3. The average molecular weight is 361 g/mol. The van der Waals surface area contributed by atoms with Crippen LogP contribution in [-0.4, -0.2) is 27.0 Å². The van der Waals surface area contributed by atoms with Crippen LogP contribution in [0.3, 0.4) is 0 Å². The highest BCUT2D eigenvalue weighted by Gasteiger charge is 2.19. The van der Waals surface area contributed by atoms with E-state index in [-0.39, 0.29) is 18.5 Å². The number of benzene rings is 2. The van der Waals surface area contributed by atoms with E-state index in [4.69, 9.17) is 4.52 Å². The monoisotopic (exact) mass is 361 g/mol. The molecule has 0 saturated heterocycles. The Hall–Kier alpha value is -3.21. The molecule has 0 spiro atoms. The molecule has 0 fully saturated rings. The molecule has 0 aliphatic carbocycles. The Balaban J connectivity index is 1.73. The Morgan fingerprint density at radius 1 is 1.15 bits per heavy atom. The summed E-state index contributed by atoms with van der Waals surface area (Å²) in [4.78, 5) is 18.8. The van der Waals surface area contributed by atoms with E-state index < -0.39 is 0 Å². The molecule has 0 saturated carbocycles. The molecule has 0 N–H and O–H groups in total. The molecule has 0 aliphatic rings. The van der Waals surface area contributed by atoms with E-state index in [2.05, 4.69) is 10.1 Å². The van der Waals surface area contributed by atoms with Crippen molar-refractivity contribution in [2.75, 3.05) is 0 Å². The van der Waals surface area contributed by atoms with Gasteiger partial charge in [0, 0.05) is 17.7 Å². The highest BCUT2D eigenvalue weighted by Crippen LogP contribution is 2.18. The number of carbonyl (C=O) groups is 1. The SMILES string of the molecule is Cc1cccc(-c2noc(CN(C(=O)C=Cc3ccccc3)C(C)C)n2)c1. The molecule has 1 heterocycles. The summed E-state index contributed by atoms with van der Waals surface area (Å²) < 4.78 is 5.37. The summed E-state index contributed by atoms with van der Waals surface area (Å²) in [6.07, 6.45) is 3.39. The molecule has 27 heavy (non-hydrogen) atoms. The van der Waals surface area contributed by atoms with E-state index in [1.807, 2.05) is 81.4 Å². The summed E-state index contributed by atoms with van der Waals surface area (Å²) in [6, 6.07) is 17.7. The van der Waals surface area contributed by atoms with Gasteiger partial charge in [0.2, 0.25) is 17.6 Å². The quantitative estimate of drug-likeness (QED) is 0.607. The lowest BCUT2D eigenvalue weighted by molar-refractivity contribution is -0.128. The predicted molar refractivity (Wildman–Crippen MR) is 106 cm³/mol. The van der Waals surface area contributed by atoms with Crippen molar-refractivity contribution >= 4 is 12.0 Å². The Kier molecular flexibility index (Phi) is 5.81. The van der Waals surface area contributed by atoms with Gasteiger partial charge in [0.25, 0.3) is 0 Å². The maximum absolute atomic E-state index is 12.6. The molecule has 5 nitrogen and oxygen atoms in total. The van der Waals surface area contributed by atoms with Crippen molar-refractivity contribution in [1.29, 1.82) is 0 Å². The van der Waals surface area contributed by atoms with Crippen LogP contribution in [-0.2, 0) is 11.3 Å². The Bertz CT molecular complexity index is 929. The lowest BCUT2D eigenvalue weighted by atomic mass is 10.1. The molecule has 2 aromatic carbocycles. The molecule has 1 amide bonds. The van der Waals surface area contributed by atoms with Crippen LogP contribution in [0.15, 0.2) is 65.2 Å². The summed E-state index contributed by atoms with van der Waals surface area (Å²) in [6.45, 7) is 6.22. The number of aryl methyl sites for hydroxylation is 1. The summed E-state index contributed by atoms with van der Waals surface area (Å²) in [5, 5.41) is 4.05. The minimum Gasteiger partial charge on any atom is -0.337 e. The fraction of sp³-hybridized carbons (Fsp3) is 0.227. The topological polar surface area (TPSA) is 59.2 Å². The molecule has 0 unspecified atom stereocenters. The van der Waals surface area contributed by atoms with Gasteiger partial charge in [-0.15, -0.1) is 0 Å². The lowest BCUT2D eigenvalue weighted by Crippen LogP contribution is -2.35. The minimum atomic E-state index is -0.0934. The van der Waals surface area contributed by atoms with Crippen LogP contribution >= 0.6 is 0 Å². The average Bonchev–Trinajstić information content (AvgIpc) is 3.13. The number of hydrogen-bond acceptors (Lipinski definition) is 4. The highest BCUT2D eigenvalue weighted by molar-refractivity contribution is 5.91. The first-order chi connectivity index (χ1) is 13.0. The van der Waals surface area contributed by atoms with Crippen molar-refractivity contribution in [2.45, 2.75) is 33.4 Å². The second-order valence-corrected chi connectivity index (χ2v) is 6.69. The Morgan fingerprint density at radius 3 is 2.63 bits per heavy atom. The van der Waals surface area contributed by atoms with E-state index in [1.165, 1.54) is 0 Å². The molecule has 0 aliphatic heterocycles. The van der Waals surface area contributed by atoms with Crippen molar-refractivity contribution in [2.24, 2.45) is 0 Å².